The van der Waals surface area contributed by atoms with Gasteiger partial charge in [-0.1, -0.05) is 36.0 Å². The number of rotatable bonds is 1. The molecule has 0 saturated heterocycles. The molecule has 0 atom stereocenters. The smallest absolute Gasteiger partial charge is 0.183 e. The van der Waals surface area contributed by atoms with Gasteiger partial charge in [-0.15, -0.1) is 0 Å². The summed E-state index contributed by atoms with van der Waals surface area (Å²) in [6.07, 6.45) is 0. The van der Waals surface area contributed by atoms with Gasteiger partial charge in [-0.25, -0.2) is 0 Å². The zero-order valence-electron chi connectivity index (χ0n) is 9.76. The van der Waals surface area contributed by atoms with Crippen molar-refractivity contribution in [3.8, 4) is 5.69 Å². The molecule has 94 valence electrons. The Morgan fingerprint density at radius 1 is 0.947 bits per heavy atom. The van der Waals surface area contributed by atoms with Crippen molar-refractivity contribution in [2.24, 2.45) is 0 Å². The molecule has 3 rings (SSSR count). The van der Waals surface area contributed by atoms with Crippen molar-refractivity contribution < 1.29 is 0 Å². The maximum absolute atomic E-state index is 5.90. The second kappa shape index (κ2) is 4.89. The van der Waals surface area contributed by atoms with Crippen LogP contribution in [0, 0.1) is 9.41 Å². The minimum absolute atomic E-state index is 0.575. The summed E-state index contributed by atoms with van der Waals surface area (Å²) in [6, 6.07) is 15.3. The monoisotopic (exact) mass is 304 g/mol. The highest BCUT2D eigenvalue weighted by Crippen LogP contribution is 2.19. The summed E-state index contributed by atoms with van der Waals surface area (Å²) >= 11 is 16.8. The Bertz CT molecular complexity index is 863. The number of fused-ring (bicyclic) bond motifs is 1. The second-order valence-corrected chi connectivity index (χ2v) is 5.30. The number of para-hydroxylation sites is 1. The van der Waals surface area contributed by atoms with Crippen molar-refractivity contribution in [2.45, 2.75) is 0 Å². The highest BCUT2D eigenvalue weighted by Gasteiger charge is 2.04. The molecule has 3 aromatic rings. The number of benzene rings is 2. The van der Waals surface area contributed by atoms with E-state index in [0.29, 0.717) is 14.4 Å². The molecule has 0 aliphatic carbocycles. The molecule has 2 aromatic carbocycles. The summed E-state index contributed by atoms with van der Waals surface area (Å²) in [5.74, 6) is 0. The van der Waals surface area contributed by atoms with Gasteiger partial charge in [0.1, 0.15) is 4.64 Å². The Morgan fingerprint density at radius 3 is 2.37 bits per heavy atom. The number of hydrogen-bond donors (Lipinski definition) is 1. The molecule has 0 bridgehead atoms. The molecule has 19 heavy (non-hydrogen) atoms. The number of aromatic amines is 1. The fourth-order valence-electron chi connectivity index (χ4n) is 1.99. The summed E-state index contributed by atoms with van der Waals surface area (Å²) in [7, 11) is 0. The number of nitrogens with zero attached hydrogens (tertiary/aromatic N) is 1. The van der Waals surface area contributed by atoms with Crippen molar-refractivity contribution in [3.63, 3.8) is 0 Å². The largest absolute Gasteiger partial charge is 0.331 e. The van der Waals surface area contributed by atoms with Crippen LogP contribution in [-0.4, -0.2) is 9.55 Å². The normalized spacial score (nSPS) is 10.8. The summed E-state index contributed by atoms with van der Waals surface area (Å²) in [6.45, 7) is 0. The number of H-pyrrole nitrogens is 1. The molecule has 0 aliphatic heterocycles. The quantitative estimate of drug-likeness (QED) is 0.633. The van der Waals surface area contributed by atoms with Crippen molar-refractivity contribution in [3.05, 3.63) is 63.0 Å². The first-order valence-electron chi connectivity index (χ1n) is 5.67. The lowest BCUT2D eigenvalue weighted by molar-refractivity contribution is 0.967. The van der Waals surface area contributed by atoms with E-state index < -0.39 is 0 Å². The van der Waals surface area contributed by atoms with Crippen molar-refractivity contribution in [2.75, 3.05) is 0 Å². The SMILES string of the molecule is S=c1[nH]c2ccccc2c(=S)n1-c1ccc(Cl)cc1. The Hall–Kier alpha value is -1.49. The summed E-state index contributed by atoms with van der Waals surface area (Å²) in [4.78, 5) is 3.19. The topological polar surface area (TPSA) is 20.7 Å². The molecule has 5 heteroatoms. The lowest BCUT2D eigenvalue weighted by Crippen LogP contribution is -2.01. The van der Waals surface area contributed by atoms with Crippen molar-refractivity contribution >= 4 is 46.9 Å². The van der Waals surface area contributed by atoms with Crippen LogP contribution in [0.15, 0.2) is 48.5 Å². The molecule has 0 unspecified atom stereocenters. The minimum Gasteiger partial charge on any atom is -0.331 e. The van der Waals surface area contributed by atoms with Gasteiger partial charge in [0, 0.05) is 16.1 Å². The summed E-state index contributed by atoms with van der Waals surface area (Å²) in [5.41, 5.74) is 1.85. The third-order valence-corrected chi connectivity index (χ3v) is 3.83. The molecular weight excluding hydrogens is 296 g/mol. The van der Waals surface area contributed by atoms with Gasteiger partial charge in [0.15, 0.2) is 4.77 Å². The fourth-order valence-corrected chi connectivity index (χ4v) is 2.85. The first-order chi connectivity index (χ1) is 9.16. The van der Waals surface area contributed by atoms with Crippen LogP contribution in [0.1, 0.15) is 0 Å². The summed E-state index contributed by atoms with van der Waals surface area (Å²) in [5, 5.41) is 1.66. The lowest BCUT2D eigenvalue weighted by atomic mass is 10.2. The highest BCUT2D eigenvalue weighted by atomic mass is 35.5. The highest BCUT2D eigenvalue weighted by molar-refractivity contribution is 7.72. The van der Waals surface area contributed by atoms with Crippen LogP contribution in [0.4, 0.5) is 0 Å². The first kappa shape index (κ1) is 12.5. The van der Waals surface area contributed by atoms with Gasteiger partial charge < -0.3 is 4.98 Å². The van der Waals surface area contributed by atoms with E-state index >= 15 is 0 Å². The molecule has 2 nitrogen and oxygen atoms in total. The second-order valence-electron chi connectivity index (χ2n) is 4.09. The van der Waals surface area contributed by atoms with Crippen molar-refractivity contribution in [1.29, 1.82) is 0 Å². The van der Waals surface area contributed by atoms with Crippen LogP contribution in [0.3, 0.4) is 0 Å². The number of hydrogen-bond acceptors (Lipinski definition) is 2. The van der Waals surface area contributed by atoms with Crippen LogP contribution >= 0.6 is 36.0 Å². The number of halogens is 1. The minimum atomic E-state index is 0.575. The van der Waals surface area contributed by atoms with Crippen LogP contribution in [-0.2, 0) is 0 Å². The molecule has 1 heterocycles. The molecular formula is C14H9ClN2S2. The summed E-state index contributed by atoms with van der Waals surface area (Å²) < 4.78 is 3.11. The molecule has 0 radical (unpaired) electrons. The van der Waals surface area contributed by atoms with E-state index in [1.807, 2.05) is 53.1 Å². The average molecular weight is 305 g/mol. The van der Waals surface area contributed by atoms with E-state index in [1.165, 1.54) is 0 Å². The molecule has 0 aliphatic rings. The predicted octanol–water partition coefficient (Wildman–Crippen LogP) is 5.07. The van der Waals surface area contributed by atoms with E-state index in [0.717, 1.165) is 16.6 Å². The van der Waals surface area contributed by atoms with Gasteiger partial charge in [0.05, 0.1) is 5.52 Å². The zero-order valence-corrected chi connectivity index (χ0v) is 12.1. The number of aromatic nitrogens is 2. The molecule has 0 fully saturated rings. The van der Waals surface area contributed by atoms with E-state index in [9.17, 15) is 0 Å². The van der Waals surface area contributed by atoms with Gasteiger partial charge in [0.25, 0.3) is 0 Å². The van der Waals surface area contributed by atoms with E-state index in [-0.39, 0.29) is 0 Å². The number of nitrogens with one attached hydrogen (secondary N) is 1. The van der Waals surface area contributed by atoms with Crippen LogP contribution in [0.2, 0.25) is 5.02 Å². The van der Waals surface area contributed by atoms with Gasteiger partial charge in [0.2, 0.25) is 0 Å². The molecule has 0 amide bonds. The maximum Gasteiger partial charge on any atom is 0.183 e. The van der Waals surface area contributed by atoms with Crippen LogP contribution in [0.5, 0.6) is 0 Å². The molecule has 0 saturated carbocycles. The van der Waals surface area contributed by atoms with Crippen LogP contribution in [0.25, 0.3) is 16.6 Å². The Kier molecular flexibility index (Phi) is 3.22. The van der Waals surface area contributed by atoms with Crippen molar-refractivity contribution in [1.82, 2.24) is 9.55 Å². The Labute approximate surface area is 125 Å². The van der Waals surface area contributed by atoms with E-state index in [1.54, 1.807) is 0 Å². The predicted molar refractivity (Wildman–Crippen MR) is 84.3 cm³/mol. The van der Waals surface area contributed by atoms with Gasteiger partial charge in [-0.3, -0.25) is 4.57 Å². The Morgan fingerprint density at radius 2 is 1.63 bits per heavy atom. The molecule has 0 spiro atoms. The van der Waals surface area contributed by atoms with Gasteiger partial charge in [-0.2, -0.15) is 0 Å². The molecule has 1 N–H and O–H groups in total. The van der Waals surface area contributed by atoms with E-state index in [2.05, 4.69) is 4.98 Å². The zero-order chi connectivity index (χ0) is 13.4. The van der Waals surface area contributed by atoms with E-state index in [4.69, 9.17) is 36.0 Å². The van der Waals surface area contributed by atoms with Gasteiger partial charge in [-0.05, 0) is 48.6 Å². The maximum atomic E-state index is 5.90. The average Bonchev–Trinajstić information content (AvgIpc) is 2.41. The third kappa shape index (κ3) is 2.23. The fraction of sp³-hybridized carbons (Fsp3) is 0. The Balaban J connectivity index is 2.39. The molecule has 1 aromatic heterocycles. The van der Waals surface area contributed by atoms with Crippen LogP contribution < -0.4 is 0 Å². The lowest BCUT2D eigenvalue weighted by Gasteiger charge is -2.09. The first-order valence-corrected chi connectivity index (χ1v) is 6.86. The van der Waals surface area contributed by atoms with Gasteiger partial charge >= 0.3 is 0 Å². The standard InChI is InChI=1S/C14H9ClN2S2/c15-9-5-7-10(8-6-9)17-13(18)11-3-1-2-4-12(11)16-14(17)19/h1-8H,(H,16,19). The third-order valence-electron chi connectivity index (χ3n) is 2.89.